The molecule has 0 atom stereocenters. The minimum atomic E-state index is -0.395. The van der Waals surface area contributed by atoms with E-state index in [1.54, 1.807) is 18.2 Å². The molecule has 168 valence electrons. The second-order valence-corrected chi connectivity index (χ2v) is 6.03. The molecule has 0 spiro atoms. The van der Waals surface area contributed by atoms with Gasteiger partial charge < -0.3 is 64.5 Å². The second-order valence-electron chi connectivity index (χ2n) is 6.03. The van der Waals surface area contributed by atoms with E-state index in [9.17, 15) is 4.79 Å². The van der Waals surface area contributed by atoms with E-state index >= 15 is 0 Å². The summed E-state index contributed by atoms with van der Waals surface area (Å²) in [6.07, 6.45) is 0. The van der Waals surface area contributed by atoms with Gasteiger partial charge in [-0.15, -0.1) is 0 Å². The van der Waals surface area contributed by atoms with Crippen LogP contribution in [0.15, 0.2) is 65.1 Å². The molecule has 2 aliphatic rings. The van der Waals surface area contributed by atoms with E-state index in [1.165, 1.54) is 7.11 Å². The van der Waals surface area contributed by atoms with Gasteiger partial charge in [0.05, 0.1) is 18.7 Å². The van der Waals surface area contributed by atoms with Crippen LogP contribution in [0, 0.1) is 0 Å². The largest absolute Gasteiger partial charge is 2.00 e. The predicted molar refractivity (Wildman–Crippen MR) is 99.1 cm³/mol. The van der Waals surface area contributed by atoms with Crippen LogP contribution in [0.3, 0.4) is 0 Å². The molecule has 1 aliphatic carbocycles. The van der Waals surface area contributed by atoms with Gasteiger partial charge in [-0.1, -0.05) is 18.2 Å². The Kier molecular flexibility index (Phi) is 13.1. The summed E-state index contributed by atoms with van der Waals surface area (Å²) in [6.45, 7) is 0. The summed E-state index contributed by atoms with van der Waals surface area (Å²) in [6, 6.07) is 18.3. The summed E-state index contributed by atoms with van der Waals surface area (Å²) < 4.78 is 11.0. The van der Waals surface area contributed by atoms with Crippen molar-refractivity contribution in [2.75, 3.05) is 12.8 Å². The number of esters is 1. The topological polar surface area (TPSA) is 91.0 Å². The van der Waals surface area contributed by atoms with E-state index in [-0.39, 0.29) is 70.7 Å². The summed E-state index contributed by atoms with van der Waals surface area (Å²) >= 11 is 0. The van der Waals surface area contributed by atoms with Crippen molar-refractivity contribution in [3.63, 3.8) is 0 Å². The molecular weight excluding hydrogens is 665 g/mol. The predicted octanol–water partition coefficient (Wildman–Crippen LogP) is -9.75. The zero-order valence-electron chi connectivity index (χ0n) is 16.0. The van der Waals surface area contributed by atoms with Gasteiger partial charge in [-0.3, -0.25) is 5.41 Å². The van der Waals surface area contributed by atoms with Gasteiger partial charge >= 0.3 is 27.0 Å². The maximum absolute atomic E-state index is 12.3. The van der Waals surface area contributed by atoms with Crippen LogP contribution in [0.1, 0.15) is 10.4 Å². The van der Waals surface area contributed by atoms with Gasteiger partial charge in [0, 0.05) is 34.3 Å². The molecule has 2 aromatic rings. The van der Waals surface area contributed by atoms with Gasteiger partial charge in [0.15, 0.2) is 5.36 Å². The Bertz CT molecular complexity index is 1200. The minimum absolute atomic E-state index is 0. The molecule has 0 radical (unpaired) electrons. The Morgan fingerprint density at radius 3 is 2.29 bits per heavy atom. The Morgan fingerprint density at radius 1 is 0.935 bits per heavy atom. The minimum Gasteiger partial charge on any atom is -1.00 e. The monoisotopic (exact) mass is 680 g/mol. The van der Waals surface area contributed by atoms with Crippen molar-refractivity contribution in [2.45, 2.75) is 0 Å². The summed E-state index contributed by atoms with van der Waals surface area (Å²) in [7, 11) is 1.37. The molecule has 31 heavy (non-hydrogen) atoms. The maximum atomic E-state index is 12.3. The molecule has 0 fully saturated rings. The van der Waals surface area contributed by atoms with E-state index in [0.717, 1.165) is 22.1 Å². The van der Waals surface area contributed by atoms with Gasteiger partial charge in [0.1, 0.15) is 11.3 Å². The molecule has 4 rings (SSSR count). The molecule has 0 saturated carbocycles. The molecule has 0 saturated heterocycles. The van der Waals surface area contributed by atoms with E-state index in [0.29, 0.717) is 28.0 Å². The Labute approximate surface area is 218 Å². The molecular formula is C21H17Cl4N2O3Pt-. The first-order chi connectivity index (χ1) is 12.6. The van der Waals surface area contributed by atoms with Gasteiger partial charge in [-0.25, -0.2) is 4.79 Å². The van der Waals surface area contributed by atoms with Crippen LogP contribution in [0.4, 0.5) is 5.69 Å². The number of rotatable bonds is 2. The zero-order valence-corrected chi connectivity index (χ0v) is 21.3. The average Bonchev–Trinajstić information content (AvgIpc) is 2.65. The van der Waals surface area contributed by atoms with Crippen molar-refractivity contribution in [2.24, 2.45) is 0 Å². The molecule has 0 aromatic heterocycles. The summed E-state index contributed by atoms with van der Waals surface area (Å²) in [4.78, 5) is 12.3. The van der Waals surface area contributed by atoms with Gasteiger partial charge in [0.25, 0.3) is 0 Å². The van der Waals surface area contributed by atoms with Crippen LogP contribution in [-0.2, 0) is 25.8 Å². The number of benzene rings is 3. The number of carbonyl (C=O) groups is 1. The van der Waals surface area contributed by atoms with Crippen LogP contribution < -0.4 is 66.1 Å². The Morgan fingerprint density at radius 2 is 1.61 bits per heavy atom. The van der Waals surface area contributed by atoms with Crippen LogP contribution in [-0.4, -0.2) is 13.1 Å². The van der Waals surface area contributed by atoms with E-state index in [2.05, 4.69) is 0 Å². The molecule has 1 aliphatic heterocycles. The van der Waals surface area contributed by atoms with Crippen molar-refractivity contribution >= 4 is 22.6 Å². The fraction of sp³-hybridized carbons (Fsp3) is 0.0476. The van der Waals surface area contributed by atoms with Crippen molar-refractivity contribution in [3.8, 4) is 22.5 Å². The van der Waals surface area contributed by atoms with Crippen molar-refractivity contribution in [1.82, 2.24) is 0 Å². The molecule has 0 bridgehead atoms. The molecule has 5 nitrogen and oxygen atoms in total. The number of hydrogen-bond acceptors (Lipinski definition) is 4. The van der Waals surface area contributed by atoms with Crippen LogP contribution >= 0.6 is 0 Å². The number of hydrogen-bond donors (Lipinski definition) is 2. The van der Waals surface area contributed by atoms with E-state index in [1.807, 2.05) is 42.5 Å². The molecule has 1 heterocycles. The number of anilines is 1. The number of fused-ring (bicyclic) bond motifs is 2. The van der Waals surface area contributed by atoms with Crippen LogP contribution in [0.2, 0.25) is 0 Å². The second kappa shape index (κ2) is 12.9. The molecule has 0 amide bonds. The first kappa shape index (κ1) is 31.4. The number of methoxy groups -OCH3 is 1. The summed E-state index contributed by atoms with van der Waals surface area (Å²) in [5.41, 5.74) is 10.1. The summed E-state index contributed by atoms with van der Waals surface area (Å²) in [5.74, 6) is 0.228. The maximum Gasteiger partial charge on any atom is 2.00 e. The van der Waals surface area contributed by atoms with Crippen LogP contribution in [0.25, 0.3) is 33.4 Å². The zero-order chi connectivity index (χ0) is 18.3. The molecule has 4 N–H and O–H groups in total. The van der Waals surface area contributed by atoms with E-state index < -0.39 is 5.97 Å². The molecule has 0 unspecified atom stereocenters. The fourth-order valence-corrected chi connectivity index (χ4v) is 3.20. The SMILES string of the molecule is COC(=O)c1ccccc1-c1c2ccc(=[NH2+])cc-2oc2cc(N)ccc12.[Cl-].[Cl-].[Cl-].[Cl-].[Pt+2]. The number of ether oxygens (including phenoxy) is 1. The summed E-state index contributed by atoms with van der Waals surface area (Å²) in [5, 5.41) is 7.38. The third-order valence-electron chi connectivity index (χ3n) is 4.37. The fourth-order valence-electron chi connectivity index (χ4n) is 3.20. The Balaban J connectivity index is 0. The Hall–Kier alpha value is -1.75. The number of halogens is 4. The number of nitrogen functional groups attached to an aromatic ring is 1. The van der Waals surface area contributed by atoms with Crippen molar-refractivity contribution < 1.29 is 90.1 Å². The third kappa shape index (κ3) is 5.94. The van der Waals surface area contributed by atoms with Crippen molar-refractivity contribution in [1.29, 1.82) is 0 Å². The van der Waals surface area contributed by atoms with Crippen LogP contribution in [0.5, 0.6) is 0 Å². The smallest absolute Gasteiger partial charge is 1.00 e. The average molecular weight is 682 g/mol. The molecule has 2 aromatic carbocycles. The van der Waals surface area contributed by atoms with Crippen molar-refractivity contribution in [3.05, 3.63) is 71.6 Å². The first-order valence-electron chi connectivity index (χ1n) is 8.11. The standard InChI is InChI=1S/C21H16N2O3.4ClH.Pt/c1-25-21(24)15-5-3-2-4-14(15)20-16-8-6-12(22)10-18(16)26-19-11-13(23)7-9-17(19)20;;;;;/h2-11,22H,23H2,1H3;4*1H;/q;;;;;+2/p-3. The van der Waals surface area contributed by atoms with Gasteiger partial charge in [-0.2, -0.15) is 0 Å². The normalized spacial score (nSPS) is 9.19. The van der Waals surface area contributed by atoms with Gasteiger partial charge in [0.2, 0.25) is 0 Å². The number of carbonyl (C=O) groups excluding carboxylic acids is 1. The quantitative estimate of drug-likeness (QED) is 0.125. The first-order valence-corrected chi connectivity index (χ1v) is 8.11. The molecule has 10 heteroatoms. The third-order valence-corrected chi connectivity index (χ3v) is 4.37. The van der Waals surface area contributed by atoms with E-state index in [4.69, 9.17) is 20.3 Å². The number of nitrogens with two attached hydrogens (primary N) is 2. The van der Waals surface area contributed by atoms with Gasteiger partial charge in [-0.05, 0) is 29.8 Å².